The Bertz CT molecular complexity index is 608. The van der Waals surface area contributed by atoms with Gasteiger partial charge in [-0.1, -0.05) is 35.3 Å². The molecule has 0 aliphatic rings. The predicted octanol–water partition coefficient (Wildman–Crippen LogP) is 4.49. The molecule has 0 heterocycles. The van der Waals surface area contributed by atoms with Crippen LogP contribution in [-0.2, 0) is 0 Å². The fraction of sp³-hybridized carbons (Fsp3) is 0.0769. The van der Waals surface area contributed by atoms with E-state index in [0.29, 0.717) is 12.1 Å². The number of aliphatic hydroxyl groups is 1. The zero-order valence-corrected chi connectivity index (χ0v) is 10.8. The summed E-state index contributed by atoms with van der Waals surface area (Å²) in [6, 6.07) is 5.30. The Morgan fingerprint density at radius 2 is 1.58 bits per heavy atom. The van der Waals surface area contributed by atoms with E-state index in [1.165, 1.54) is 18.2 Å². The van der Waals surface area contributed by atoms with Crippen LogP contribution in [0.4, 0.5) is 13.2 Å². The van der Waals surface area contributed by atoms with E-state index in [1.54, 1.807) is 0 Å². The molecule has 1 nitrogen and oxygen atoms in total. The van der Waals surface area contributed by atoms with Gasteiger partial charge in [0.05, 0.1) is 15.6 Å². The molecule has 100 valence electrons. The lowest BCUT2D eigenvalue weighted by molar-refractivity contribution is 0.208. The van der Waals surface area contributed by atoms with Crippen molar-refractivity contribution in [1.29, 1.82) is 0 Å². The van der Waals surface area contributed by atoms with Crippen molar-refractivity contribution in [2.24, 2.45) is 0 Å². The summed E-state index contributed by atoms with van der Waals surface area (Å²) in [7, 11) is 0. The minimum absolute atomic E-state index is 0.0141. The van der Waals surface area contributed by atoms with Gasteiger partial charge in [0.25, 0.3) is 0 Å². The van der Waals surface area contributed by atoms with Gasteiger partial charge in [-0.25, -0.2) is 13.2 Å². The molecule has 19 heavy (non-hydrogen) atoms. The van der Waals surface area contributed by atoms with Gasteiger partial charge < -0.3 is 5.11 Å². The predicted molar refractivity (Wildman–Crippen MR) is 66.8 cm³/mol. The Balaban J connectivity index is 2.56. The highest BCUT2D eigenvalue weighted by molar-refractivity contribution is 6.42. The van der Waals surface area contributed by atoms with Crippen LogP contribution in [0.15, 0.2) is 30.3 Å². The second-order valence-electron chi connectivity index (χ2n) is 3.83. The first-order valence-corrected chi connectivity index (χ1v) is 5.94. The molecular formula is C13H7Cl2F3O. The number of aliphatic hydroxyl groups excluding tert-OH is 1. The van der Waals surface area contributed by atoms with Crippen LogP contribution in [0, 0.1) is 17.5 Å². The summed E-state index contributed by atoms with van der Waals surface area (Å²) >= 11 is 11.6. The summed E-state index contributed by atoms with van der Waals surface area (Å²) in [6.07, 6.45) is -1.67. The Labute approximate surface area is 117 Å². The molecule has 0 aliphatic carbocycles. The van der Waals surface area contributed by atoms with Gasteiger partial charge in [-0.05, 0) is 6.07 Å². The normalized spacial score (nSPS) is 12.5. The zero-order valence-electron chi connectivity index (χ0n) is 9.30. The molecule has 0 aromatic heterocycles. The van der Waals surface area contributed by atoms with E-state index in [1.807, 2.05) is 0 Å². The molecule has 0 aliphatic heterocycles. The first-order valence-electron chi connectivity index (χ1n) is 5.18. The van der Waals surface area contributed by atoms with E-state index in [4.69, 9.17) is 23.2 Å². The van der Waals surface area contributed by atoms with E-state index < -0.39 is 29.1 Å². The van der Waals surface area contributed by atoms with Crippen LogP contribution in [0.1, 0.15) is 17.2 Å². The fourth-order valence-electron chi connectivity index (χ4n) is 1.70. The summed E-state index contributed by atoms with van der Waals surface area (Å²) in [5.74, 6) is -3.45. The van der Waals surface area contributed by atoms with Crippen molar-refractivity contribution in [3.63, 3.8) is 0 Å². The fourth-order valence-corrected chi connectivity index (χ4v) is 2.11. The standard InChI is InChI=1S/C13H7Cl2F3O/c14-8-3-1-2-7(12(8)15)13(19)11-9(17)4-6(16)5-10(11)18/h1-5,13,19H. The van der Waals surface area contributed by atoms with E-state index in [2.05, 4.69) is 0 Å². The van der Waals surface area contributed by atoms with Crippen molar-refractivity contribution in [1.82, 2.24) is 0 Å². The molecule has 0 amide bonds. The summed E-state index contributed by atoms with van der Waals surface area (Å²) in [5.41, 5.74) is -0.635. The lowest BCUT2D eigenvalue weighted by Gasteiger charge is -2.15. The molecule has 0 saturated heterocycles. The first-order chi connectivity index (χ1) is 8.91. The number of hydrogen-bond acceptors (Lipinski definition) is 1. The van der Waals surface area contributed by atoms with E-state index >= 15 is 0 Å². The second-order valence-corrected chi connectivity index (χ2v) is 4.61. The molecule has 2 aromatic carbocycles. The van der Waals surface area contributed by atoms with Gasteiger partial charge in [0, 0.05) is 17.7 Å². The van der Waals surface area contributed by atoms with Crippen LogP contribution in [0.2, 0.25) is 10.0 Å². The van der Waals surface area contributed by atoms with Gasteiger partial charge in [-0.3, -0.25) is 0 Å². The second kappa shape index (κ2) is 5.41. The lowest BCUT2D eigenvalue weighted by atomic mass is 10.0. The van der Waals surface area contributed by atoms with E-state index in [9.17, 15) is 18.3 Å². The maximum atomic E-state index is 13.6. The van der Waals surface area contributed by atoms with Crippen LogP contribution in [-0.4, -0.2) is 5.11 Å². The molecule has 0 radical (unpaired) electrons. The van der Waals surface area contributed by atoms with Crippen LogP contribution in [0.5, 0.6) is 0 Å². The zero-order chi connectivity index (χ0) is 14.2. The van der Waals surface area contributed by atoms with Gasteiger partial charge in [0.1, 0.15) is 23.6 Å². The first kappa shape index (κ1) is 14.2. The molecule has 1 atom stereocenters. The van der Waals surface area contributed by atoms with Crippen molar-refractivity contribution in [2.45, 2.75) is 6.10 Å². The van der Waals surface area contributed by atoms with Crippen molar-refractivity contribution in [3.05, 3.63) is 69.0 Å². The average molecular weight is 307 g/mol. The van der Waals surface area contributed by atoms with E-state index in [-0.39, 0.29) is 15.6 Å². The van der Waals surface area contributed by atoms with Crippen LogP contribution < -0.4 is 0 Å². The smallest absolute Gasteiger partial charge is 0.135 e. The van der Waals surface area contributed by atoms with Crippen LogP contribution in [0.3, 0.4) is 0 Å². The molecule has 2 aromatic rings. The molecule has 0 spiro atoms. The molecule has 2 rings (SSSR count). The highest BCUT2D eigenvalue weighted by Gasteiger charge is 2.23. The SMILES string of the molecule is OC(c1cccc(Cl)c1Cl)c1c(F)cc(F)cc1F. The maximum absolute atomic E-state index is 13.6. The molecule has 0 fully saturated rings. The number of rotatable bonds is 2. The van der Waals surface area contributed by atoms with Gasteiger partial charge in [0.2, 0.25) is 0 Å². The van der Waals surface area contributed by atoms with E-state index in [0.717, 1.165) is 0 Å². The van der Waals surface area contributed by atoms with Crippen LogP contribution in [0.25, 0.3) is 0 Å². The van der Waals surface area contributed by atoms with Crippen molar-refractivity contribution < 1.29 is 18.3 Å². The van der Waals surface area contributed by atoms with Gasteiger partial charge in [0.15, 0.2) is 0 Å². The molecule has 0 saturated carbocycles. The largest absolute Gasteiger partial charge is 0.383 e. The summed E-state index contributed by atoms with van der Waals surface area (Å²) in [5, 5.41) is 10.1. The summed E-state index contributed by atoms with van der Waals surface area (Å²) < 4.78 is 39.9. The topological polar surface area (TPSA) is 20.2 Å². The minimum atomic E-state index is -1.67. The van der Waals surface area contributed by atoms with Crippen molar-refractivity contribution in [2.75, 3.05) is 0 Å². The third-order valence-corrected chi connectivity index (χ3v) is 3.43. The Morgan fingerprint density at radius 1 is 1.00 bits per heavy atom. The highest BCUT2D eigenvalue weighted by Crippen LogP contribution is 2.35. The lowest BCUT2D eigenvalue weighted by Crippen LogP contribution is -2.07. The van der Waals surface area contributed by atoms with Crippen LogP contribution >= 0.6 is 23.2 Å². The third-order valence-electron chi connectivity index (χ3n) is 2.59. The number of benzene rings is 2. The summed E-state index contributed by atoms with van der Waals surface area (Å²) in [4.78, 5) is 0. The number of halogens is 5. The highest BCUT2D eigenvalue weighted by atomic mass is 35.5. The molecular weight excluding hydrogens is 300 g/mol. The Morgan fingerprint density at radius 3 is 2.16 bits per heavy atom. The summed E-state index contributed by atoms with van der Waals surface area (Å²) in [6.45, 7) is 0. The third kappa shape index (κ3) is 2.71. The molecule has 0 bridgehead atoms. The maximum Gasteiger partial charge on any atom is 0.135 e. The van der Waals surface area contributed by atoms with Crippen molar-refractivity contribution >= 4 is 23.2 Å². The number of hydrogen-bond donors (Lipinski definition) is 1. The van der Waals surface area contributed by atoms with Gasteiger partial charge in [-0.15, -0.1) is 0 Å². The Kier molecular flexibility index (Phi) is 4.04. The average Bonchev–Trinajstić information content (AvgIpc) is 2.31. The molecule has 1 unspecified atom stereocenters. The monoisotopic (exact) mass is 306 g/mol. The van der Waals surface area contributed by atoms with Gasteiger partial charge in [-0.2, -0.15) is 0 Å². The van der Waals surface area contributed by atoms with Gasteiger partial charge >= 0.3 is 0 Å². The minimum Gasteiger partial charge on any atom is -0.383 e. The quantitative estimate of drug-likeness (QED) is 0.866. The molecule has 6 heteroatoms. The molecule has 1 N–H and O–H groups in total. The Hall–Kier alpha value is -1.23. The van der Waals surface area contributed by atoms with Crippen molar-refractivity contribution in [3.8, 4) is 0 Å².